The van der Waals surface area contributed by atoms with Crippen LogP contribution in [0.5, 0.6) is 11.5 Å². The Hall–Kier alpha value is -3.05. The molecule has 28 heavy (non-hydrogen) atoms. The number of carbonyl (C=O) groups excluding carboxylic acids is 1. The van der Waals surface area contributed by atoms with E-state index in [4.69, 9.17) is 4.74 Å². The van der Waals surface area contributed by atoms with E-state index >= 15 is 0 Å². The summed E-state index contributed by atoms with van der Waals surface area (Å²) in [5, 5.41) is 3.87. The van der Waals surface area contributed by atoms with E-state index in [0.29, 0.717) is 0 Å². The zero-order valence-electron chi connectivity index (χ0n) is 15.6. The summed E-state index contributed by atoms with van der Waals surface area (Å²) in [7, 11) is 0. The topological polar surface area (TPSA) is 50.7 Å². The summed E-state index contributed by atoms with van der Waals surface area (Å²) in [4.78, 5) is 12.1. The second-order valence-corrected chi connectivity index (χ2v) is 7.49. The number of ether oxygens (including phenoxy) is 1. The van der Waals surface area contributed by atoms with E-state index in [0.717, 1.165) is 22.8 Å². The molecule has 0 fully saturated rings. The number of para-hydroxylation sites is 1. The van der Waals surface area contributed by atoms with Crippen molar-refractivity contribution in [2.45, 2.75) is 17.9 Å². The number of benzene rings is 3. The van der Waals surface area contributed by atoms with Gasteiger partial charge in [0.2, 0.25) is 0 Å². The first kappa shape index (κ1) is 19.7. The zero-order chi connectivity index (χ0) is 19.6. The van der Waals surface area contributed by atoms with Gasteiger partial charge in [-0.2, -0.15) is 5.10 Å². The van der Waals surface area contributed by atoms with Gasteiger partial charge in [-0.05, 0) is 54.4 Å². The van der Waals surface area contributed by atoms with Gasteiger partial charge in [0.05, 0.1) is 11.5 Å². The van der Waals surface area contributed by atoms with Gasteiger partial charge in [-0.1, -0.05) is 48.5 Å². The van der Waals surface area contributed by atoms with Crippen LogP contribution in [-0.2, 0) is 10.5 Å². The monoisotopic (exact) mass is 390 g/mol. The van der Waals surface area contributed by atoms with Crippen molar-refractivity contribution in [1.29, 1.82) is 0 Å². The highest BCUT2D eigenvalue weighted by Crippen LogP contribution is 2.21. The Morgan fingerprint density at radius 1 is 0.964 bits per heavy atom. The van der Waals surface area contributed by atoms with E-state index < -0.39 is 0 Å². The smallest absolute Gasteiger partial charge is 0.252 e. The van der Waals surface area contributed by atoms with Crippen molar-refractivity contribution >= 4 is 23.9 Å². The van der Waals surface area contributed by atoms with Gasteiger partial charge in [0.25, 0.3) is 5.91 Å². The molecular weight excluding hydrogens is 368 g/mol. The minimum atomic E-state index is -0.181. The largest absolute Gasteiger partial charge is 0.457 e. The second kappa shape index (κ2) is 10.3. The lowest BCUT2D eigenvalue weighted by Crippen LogP contribution is -2.26. The standard InChI is InChI=1S/C23H22N2O2S/c1-18(28-17-20-8-4-2-5-9-20)23(26)25-24-16-19-12-14-22(15-13-19)27-21-10-6-3-7-11-21/h2-16,18H,17H2,1H3,(H,25,26)/b24-16-/t18-/m0/s1. The summed E-state index contributed by atoms with van der Waals surface area (Å²) >= 11 is 1.58. The molecule has 3 aromatic carbocycles. The molecule has 142 valence electrons. The number of nitrogens with one attached hydrogen (secondary N) is 1. The Kier molecular flexibility index (Phi) is 7.27. The van der Waals surface area contributed by atoms with Crippen LogP contribution in [0.4, 0.5) is 0 Å². The second-order valence-electron chi connectivity index (χ2n) is 6.16. The Labute approximate surface area is 169 Å². The molecule has 0 saturated carbocycles. The van der Waals surface area contributed by atoms with Crippen molar-refractivity contribution in [3.05, 3.63) is 96.1 Å². The normalized spacial score (nSPS) is 11.9. The van der Waals surface area contributed by atoms with Gasteiger partial charge in [0.15, 0.2) is 0 Å². The number of amides is 1. The summed E-state index contributed by atoms with van der Waals surface area (Å²) in [6.45, 7) is 1.88. The Balaban J connectivity index is 1.45. The number of hydrogen-bond donors (Lipinski definition) is 1. The lowest BCUT2D eigenvalue weighted by Gasteiger charge is -2.09. The van der Waals surface area contributed by atoms with Gasteiger partial charge >= 0.3 is 0 Å². The van der Waals surface area contributed by atoms with Crippen LogP contribution in [0.1, 0.15) is 18.1 Å². The predicted molar refractivity (Wildman–Crippen MR) is 116 cm³/mol. The minimum Gasteiger partial charge on any atom is -0.457 e. The van der Waals surface area contributed by atoms with Crippen LogP contribution in [0.25, 0.3) is 0 Å². The highest BCUT2D eigenvalue weighted by molar-refractivity contribution is 7.99. The lowest BCUT2D eigenvalue weighted by molar-refractivity contribution is -0.120. The SMILES string of the molecule is C[C@H](SCc1ccccc1)C(=O)N/N=C\c1ccc(Oc2ccccc2)cc1. The van der Waals surface area contributed by atoms with Crippen molar-refractivity contribution in [3.8, 4) is 11.5 Å². The molecule has 1 N–H and O–H groups in total. The van der Waals surface area contributed by atoms with Gasteiger partial charge in [-0.25, -0.2) is 5.43 Å². The summed E-state index contributed by atoms with van der Waals surface area (Å²) in [5.74, 6) is 2.22. The number of thioether (sulfide) groups is 1. The maximum absolute atomic E-state index is 12.1. The Bertz CT molecular complexity index is 897. The van der Waals surface area contributed by atoms with E-state index in [1.807, 2.05) is 79.7 Å². The van der Waals surface area contributed by atoms with Gasteiger partial charge in [0.1, 0.15) is 11.5 Å². The van der Waals surface area contributed by atoms with Gasteiger partial charge in [-0.15, -0.1) is 11.8 Å². The third kappa shape index (κ3) is 6.28. The highest BCUT2D eigenvalue weighted by atomic mass is 32.2. The summed E-state index contributed by atoms with van der Waals surface area (Å²) in [6.07, 6.45) is 1.62. The van der Waals surface area contributed by atoms with Crippen LogP contribution < -0.4 is 10.2 Å². The molecule has 0 aliphatic heterocycles. The molecule has 1 atom stereocenters. The quantitative estimate of drug-likeness (QED) is 0.422. The van der Waals surface area contributed by atoms with Crippen molar-refractivity contribution in [1.82, 2.24) is 5.43 Å². The number of rotatable bonds is 8. The molecule has 0 heterocycles. The van der Waals surface area contributed by atoms with Crippen LogP contribution in [0.2, 0.25) is 0 Å². The van der Waals surface area contributed by atoms with Crippen molar-refractivity contribution in [2.24, 2.45) is 5.10 Å². The first-order valence-corrected chi connectivity index (χ1v) is 10.1. The number of nitrogens with zero attached hydrogens (tertiary/aromatic N) is 1. The Morgan fingerprint density at radius 2 is 1.57 bits per heavy atom. The molecule has 0 radical (unpaired) electrons. The molecule has 0 aromatic heterocycles. The molecule has 0 saturated heterocycles. The maximum atomic E-state index is 12.1. The average molecular weight is 391 g/mol. The molecule has 3 aromatic rings. The van der Waals surface area contributed by atoms with E-state index in [1.165, 1.54) is 5.56 Å². The van der Waals surface area contributed by atoms with Gasteiger partial charge in [-0.3, -0.25) is 4.79 Å². The molecule has 5 heteroatoms. The third-order valence-electron chi connectivity index (χ3n) is 3.96. The maximum Gasteiger partial charge on any atom is 0.252 e. The molecule has 0 aliphatic rings. The third-order valence-corrected chi connectivity index (χ3v) is 5.17. The fraction of sp³-hybridized carbons (Fsp3) is 0.130. The van der Waals surface area contributed by atoms with E-state index in [1.54, 1.807) is 18.0 Å². The average Bonchev–Trinajstić information content (AvgIpc) is 2.74. The molecule has 4 nitrogen and oxygen atoms in total. The highest BCUT2D eigenvalue weighted by Gasteiger charge is 2.12. The molecular formula is C23H22N2O2S. The number of carbonyl (C=O) groups is 1. The molecule has 0 unspecified atom stereocenters. The van der Waals surface area contributed by atoms with Gasteiger partial charge in [0, 0.05) is 5.75 Å². The van der Waals surface area contributed by atoms with Crippen LogP contribution in [0.3, 0.4) is 0 Å². The summed E-state index contributed by atoms with van der Waals surface area (Å²) in [5.41, 5.74) is 4.68. The van der Waals surface area contributed by atoms with Crippen molar-refractivity contribution in [3.63, 3.8) is 0 Å². The van der Waals surface area contributed by atoms with Crippen LogP contribution in [-0.4, -0.2) is 17.4 Å². The summed E-state index contributed by atoms with van der Waals surface area (Å²) in [6, 6.07) is 27.2. The Morgan fingerprint density at radius 3 is 2.25 bits per heavy atom. The summed E-state index contributed by atoms with van der Waals surface area (Å²) < 4.78 is 5.75. The fourth-order valence-electron chi connectivity index (χ4n) is 2.38. The van der Waals surface area contributed by atoms with E-state index in [2.05, 4.69) is 22.7 Å². The van der Waals surface area contributed by atoms with Crippen LogP contribution in [0, 0.1) is 0 Å². The number of hydrazone groups is 1. The van der Waals surface area contributed by atoms with Crippen LogP contribution in [0.15, 0.2) is 90.0 Å². The molecule has 0 spiro atoms. The van der Waals surface area contributed by atoms with Crippen molar-refractivity contribution in [2.75, 3.05) is 0 Å². The molecule has 3 rings (SSSR count). The lowest BCUT2D eigenvalue weighted by atomic mass is 10.2. The number of hydrogen-bond acceptors (Lipinski definition) is 4. The fourth-order valence-corrected chi connectivity index (χ4v) is 3.22. The van der Waals surface area contributed by atoms with E-state index in [9.17, 15) is 4.79 Å². The first-order valence-electron chi connectivity index (χ1n) is 9.02. The van der Waals surface area contributed by atoms with Crippen LogP contribution >= 0.6 is 11.8 Å². The molecule has 0 aliphatic carbocycles. The predicted octanol–water partition coefficient (Wildman–Crippen LogP) is 5.25. The molecule has 1 amide bonds. The van der Waals surface area contributed by atoms with E-state index in [-0.39, 0.29) is 11.2 Å². The van der Waals surface area contributed by atoms with Crippen molar-refractivity contribution < 1.29 is 9.53 Å². The molecule has 0 bridgehead atoms. The van der Waals surface area contributed by atoms with Gasteiger partial charge < -0.3 is 4.74 Å². The zero-order valence-corrected chi connectivity index (χ0v) is 16.4. The first-order chi connectivity index (χ1) is 13.7. The minimum absolute atomic E-state index is 0.110.